The Balaban J connectivity index is 0.000000322. The minimum atomic E-state index is -0.833. The highest BCUT2D eigenvalue weighted by atomic mass is 79.9. The molecule has 0 amide bonds. The predicted octanol–water partition coefficient (Wildman–Crippen LogP) is 9.09. The molecule has 0 fully saturated rings. The van der Waals surface area contributed by atoms with Gasteiger partial charge >= 0.3 is 0 Å². The first kappa shape index (κ1) is 55.5. The monoisotopic (exact) mass is 1070 g/mol. The summed E-state index contributed by atoms with van der Waals surface area (Å²) in [6, 6.07) is 56.9. The van der Waals surface area contributed by atoms with Crippen LogP contribution < -0.4 is 27.7 Å². The molecule has 66 heavy (non-hydrogen) atoms. The highest BCUT2D eigenvalue weighted by molar-refractivity contribution is 9.10. The summed E-state index contributed by atoms with van der Waals surface area (Å²) in [4.78, 5) is 45.9. The predicted molar refractivity (Wildman–Crippen MR) is 266 cm³/mol. The molecule has 0 saturated carbocycles. The summed E-state index contributed by atoms with van der Waals surface area (Å²) in [6.07, 6.45) is 10.5. The van der Waals surface area contributed by atoms with Crippen molar-refractivity contribution in [3.05, 3.63) is 233 Å². The first-order chi connectivity index (χ1) is 31.1. The third kappa shape index (κ3) is 20.5. The Morgan fingerprint density at radius 2 is 1.11 bits per heavy atom. The zero-order chi connectivity index (χ0) is 45.9. The summed E-state index contributed by atoms with van der Waals surface area (Å²) in [6.45, 7) is 3.39. The molecule has 338 valence electrons. The number of benzene rings is 4. The molecule has 13 heteroatoms. The fraction of sp³-hybridized carbons (Fsp3) is 0.0755. The van der Waals surface area contributed by atoms with Gasteiger partial charge in [0.1, 0.15) is 5.69 Å². The second kappa shape index (κ2) is 31.3. The Morgan fingerprint density at radius 1 is 0.606 bits per heavy atom. The number of carbonyl (C=O) groups is 3. The van der Waals surface area contributed by atoms with Gasteiger partial charge in [-0.25, -0.2) is 4.98 Å². The van der Waals surface area contributed by atoms with Gasteiger partial charge in [-0.3, -0.25) is 24.4 Å². The molecule has 0 saturated heterocycles. The van der Waals surface area contributed by atoms with Crippen molar-refractivity contribution in [2.24, 2.45) is 0 Å². The number of hydrogen-bond donors (Lipinski definition) is 3. The number of carbonyl (C=O) groups excluding carboxylic acids is 2. The Bertz CT molecular complexity index is 2580. The molecule has 8 rings (SSSR count). The molecule has 0 atom stereocenters. The van der Waals surface area contributed by atoms with Crippen molar-refractivity contribution >= 4 is 55.5 Å². The minimum Gasteiger partial charge on any atom is -1.00 e. The number of halogens is 3. The zero-order valence-electron chi connectivity index (χ0n) is 36.4. The summed E-state index contributed by atoms with van der Waals surface area (Å²) >= 11 is 6.83. The van der Waals surface area contributed by atoms with Crippen LogP contribution in [0.25, 0.3) is 39.8 Å². The molecule has 0 aliphatic carbocycles. The lowest BCUT2D eigenvalue weighted by molar-refractivity contribution is -0.683. The van der Waals surface area contributed by atoms with Crippen molar-refractivity contribution < 1.29 is 46.1 Å². The van der Waals surface area contributed by atoms with Crippen LogP contribution in [0.1, 0.15) is 40.3 Å². The second-order valence-electron chi connectivity index (χ2n) is 13.4. The molecule has 0 aliphatic heterocycles. The van der Waals surface area contributed by atoms with E-state index in [4.69, 9.17) is 20.0 Å². The van der Waals surface area contributed by atoms with Crippen LogP contribution in [0.4, 0.5) is 0 Å². The van der Waals surface area contributed by atoms with Gasteiger partial charge < -0.3 is 33.3 Å². The van der Waals surface area contributed by atoms with E-state index in [0.717, 1.165) is 55.2 Å². The molecule has 8 aromatic rings. The number of aromatic nitrogens is 4. The van der Waals surface area contributed by atoms with Crippen LogP contribution in [0.15, 0.2) is 216 Å². The number of hydrogen-bond acceptors (Lipinski definition) is 8. The number of aliphatic hydroxyl groups is 1. The van der Waals surface area contributed by atoms with E-state index < -0.39 is 5.97 Å². The maximum Gasteiger partial charge on any atom is 0.300 e. The molecular weight excluding hydrogens is 1030 g/mol. The molecule has 4 heterocycles. The molecule has 0 aliphatic rings. The number of aliphatic hydroxyl groups excluding tert-OH is 1. The lowest BCUT2D eigenvalue weighted by Crippen LogP contribution is -3.00. The van der Waals surface area contributed by atoms with Gasteiger partial charge in [-0.2, -0.15) is 4.57 Å². The number of aliphatic carboxylic acids is 1. The van der Waals surface area contributed by atoms with E-state index >= 15 is 0 Å². The van der Waals surface area contributed by atoms with E-state index in [-0.39, 0.29) is 41.3 Å². The van der Waals surface area contributed by atoms with Gasteiger partial charge in [0.15, 0.2) is 12.4 Å². The molecular formula is C53H50Br3N5O5. The number of allylic oxidation sites excluding steroid dienone is 1. The van der Waals surface area contributed by atoms with E-state index in [2.05, 4.69) is 90.4 Å². The highest BCUT2D eigenvalue weighted by Crippen LogP contribution is 2.30. The first-order valence-corrected chi connectivity index (χ1v) is 21.6. The SMILES string of the molecule is Brc1ccc(-c2cc(-c3ccccc3)cc(-c3ccccn3)n2)cc1.CC(=O)O.CCO.N.O=C(/C=C/c1ccccc1)c1ccccn1.O=C(C[n+]1ccccc1)c1ccc(Br)cc1.[Br-]. The molecule has 0 unspecified atom stereocenters. The van der Waals surface area contributed by atoms with Crippen molar-refractivity contribution in [2.45, 2.75) is 20.4 Å². The van der Waals surface area contributed by atoms with Gasteiger partial charge in [0.2, 0.25) is 18.1 Å². The number of Topliss-reactive ketones (excluding diaryl/α,β-unsaturated/α-hetero) is 1. The third-order valence-electron chi connectivity index (χ3n) is 8.41. The fourth-order valence-corrected chi connectivity index (χ4v) is 6.03. The zero-order valence-corrected chi connectivity index (χ0v) is 41.1. The topological polar surface area (TPSA) is 169 Å². The van der Waals surface area contributed by atoms with Crippen LogP contribution in [0.3, 0.4) is 0 Å². The van der Waals surface area contributed by atoms with Crippen molar-refractivity contribution in [3.63, 3.8) is 0 Å². The normalized spacial score (nSPS) is 9.65. The van der Waals surface area contributed by atoms with Crippen LogP contribution in [-0.4, -0.2) is 49.3 Å². The summed E-state index contributed by atoms with van der Waals surface area (Å²) in [5.41, 5.74) is 8.28. The van der Waals surface area contributed by atoms with Gasteiger partial charge in [0, 0.05) is 58.1 Å². The summed E-state index contributed by atoms with van der Waals surface area (Å²) < 4.78 is 3.90. The highest BCUT2D eigenvalue weighted by Gasteiger charge is 2.12. The Labute approximate surface area is 413 Å². The van der Waals surface area contributed by atoms with E-state index in [0.29, 0.717) is 12.2 Å². The number of pyridine rings is 4. The van der Waals surface area contributed by atoms with Crippen LogP contribution in [0.5, 0.6) is 0 Å². The van der Waals surface area contributed by atoms with Gasteiger partial charge in [-0.15, -0.1) is 0 Å². The van der Waals surface area contributed by atoms with E-state index in [9.17, 15) is 9.59 Å². The van der Waals surface area contributed by atoms with Gasteiger partial charge in [-0.05, 0) is 90.4 Å². The number of rotatable bonds is 9. The summed E-state index contributed by atoms with van der Waals surface area (Å²) in [7, 11) is 0. The Hall–Kier alpha value is -6.61. The van der Waals surface area contributed by atoms with Crippen LogP contribution in [0.2, 0.25) is 0 Å². The standard InChI is InChI=1S/C22H15BrN2.C14H11NO.C13H11BrNO.C2H4O2.C2H6O.BrH.H3N/c23-19-11-9-17(10-12-19)21-14-18(16-6-2-1-3-7-16)15-22(25-21)20-8-4-5-13-24-20;16-14(13-8-4-5-11-15-13)10-9-12-6-2-1-3-7-12;14-12-6-4-11(5-7-12)13(16)10-15-8-2-1-3-9-15;1-2(3)4;1-2-3;;/h1-15H;1-11H;1-9H,10H2;1H3,(H,3,4);3H,2H2,1H3;1H;1H3/q;;+1;;;;/p-1/b;10-9+;;;;;. The van der Waals surface area contributed by atoms with E-state index in [1.54, 1.807) is 43.6 Å². The molecule has 5 N–H and O–H groups in total. The maximum atomic E-state index is 11.9. The average molecular weight is 1080 g/mol. The fourth-order valence-electron chi connectivity index (χ4n) is 5.50. The lowest BCUT2D eigenvalue weighted by atomic mass is 10.0. The molecule has 0 spiro atoms. The largest absolute Gasteiger partial charge is 1.00 e. The smallest absolute Gasteiger partial charge is 0.300 e. The number of nitrogens with zero attached hydrogens (tertiary/aromatic N) is 4. The van der Waals surface area contributed by atoms with Crippen LogP contribution >= 0.6 is 31.9 Å². The lowest BCUT2D eigenvalue weighted by Gasteiger charge is -2.10. The van der Waals surface area contributed by atoms with Crippen molar-refractivity contribution in [1.82, 2.24) is 21.1 Å². The van der Waals surface area contributed by atoms with Gasteiger partial charge in [-0.1, -0.05) is 141 Å². The summed E-state index contributed by atoms with van der Waals surface area (Å²) in [5, 5.41) is 15.0. The molecule has 10 nitrogen and oxygen atoms in total. The van der Waals surface area contributed by atoms with Gasteiger partial charge in [0.05, 0.1) is 17.1 Å². The minimum absolute atomic E-state index is 0. The Morgan fingerprint density at radius 3 is 1.65 bits per heavy atom. The van der Waals surface area contributed by atoms with Crippen LogP contribution in [0, 0.1) is 0 Å². The first-order valence-electron chi connectivity index (χ1n) is 20.0. The number of ketones is 2. The van der Waals surface area contributed by atoms with Crippen molar-refractivity contribution in [2.75, 3.05) is 6.61 Å². The third-order valence-corrected chi connectivity index (χ3v) is 9.47. The molecule has 0 bridgehead atoms. The quantitative estimate of drug-likeness (QED) is 0.0726. The maximum absolute atomic E-state index is 11.9. The van der Waals surface area contributed by atoms with Crippen LogP contribution in [-0.2, 0) is 11.3 Å². The van der Waals surface area contributed by atoms with Crippen molar-refractivity contribution in [1.29, 1.82) is 0 Å². The molecule has 4 aromatic heterocycles. The average Bonchev–Trinajstić information content (AvgIpc) is 3.33. The van der Waals surface area contributed by atoms with Gasteiger partial charge in [0.25, 0.3) is 5.97 Å². The van der Waals surface area contributed by atoms with E-state index in [1.165, 1.54) is 11.6 Å². The number of carboxylic acids is 1. The number of carboxylic acid groups (broad SMARTS) is 1. The van der Waals surface area contributed by atoms with Crippen molar-refractivity contribution in [3.8, 4) is 33.8 Å². The molecule has 0 radical (unpaired) electrons. The summed E-state index contributed by atoms with van der Waals surface area (Å²) in [5.74, 6) is -0.798. The second-order valence-corrected chi connectivity index (χ2v) is 15.2. The van der Waals surface area contributed by atoms with E-state index in [1.807, 2.05) is 126 Å². The molecule has 4 aromatic carbocycles. The Kier molecular flexibility index (Phi) is 26.3.